The minimum atomic E-state index is -0.397. The van der Waals surface area contributed by atoms with Gasteiger partial charge in [-0.15, -0.1) is 16.9 Å². The first-order valence-electron chi connectivity index (χ1n) is 8.94. The molecule has 0 unspecified atom stereocenters. The monoisotopic (exact) mass is 398 g/mol. The summed E-state index contributed by atoms with van der Waals surface area (Å²) in [5.74, 6) is -0.128. The van der Waals surface area contributed by atoms with E-state index in [1.165, 1.54) is 4.52 Å². The molecule has 3 rings (SSSR count). The van der Waals surface area contributed by atoms with Crippen LogP contribution in [0, 0.1) is 0 Å². The topological polar surface area (TPSA) is 100 Å². The van der Waals surface area contributed by atoms with Crippen molar-refractivity contribution in [1.82, 2.24) is 25.2 Å². The quantitative estimate of drug-likeness (QED) is 0.554. The number of nitrogens with one attached hydrogen (secondary N) is 3. The number of hydrogen-bond donors (Lipinski definition) is 3. The number of hydrogen-bond acceptors (Lipinski definition) is 5. The Morgan fingerprint density at radius 2 is 1.86 bits per heavy atom. The lowest BCUT2D eigenvalue weighted by Crippen LogP contribution is -2.28. The zero-order chi connectivity index (χ0) is 20.1. The molecule has 1 aromatic carbocycles. The van der Waals surface area contributed by atoms with E-state index in [0.29, 0.717) is 24.4 Å². The van der Waals surface area contributed by atoms with E-state index >= 15 is 0 Å². The van der Waals surface area contributed by atoms with Crippen molar-refractivity contribution >= 4 is 35.3 Å². The van der Waals surface area contributed by atoms with E-state index in [0.717, 1.165) is 16.0 Å². The molecule has 3 aromatic rings. The summed E-state index contributed by atoms with van der Waals surface area (Å²) in [5, 5.41) is 12.3. The van der Waals surface area contributed by atoms with Crippen molar-refractivity contribution in [3.8, 4) is 11.1 Å². The second-order valence-corrected chi connectivity index (χ2v) is 6.79. The van der Waals surface area contributed by atoms with Crippen LogP contribution in [0.25, 0.3) is 16.8 Å². The van der Waals surface area contributed by atoms with Gasteiger partial charge in [-0.1, -0.05) is 12.1 Å². The van der Waals surface area contributed by atoms with Crippen molar-refractivity contribution < 1.29 is 9.59 Å². The first kappa shape index (κ1) is 19.7. The van der Waals surface area contributed by atoms with Crippen LogP contribution in [0.15, 0.2) is 41.3 Å². The molecule has 0 aliphatic rings. The average Bonchev–Trinajstić information content (AvgIpc) is 3.09. The van der Waals surface area contributed by atoms with E-state index in [4.69, 9.17) is 0 Å². The van der Waals surface area contributed by atoms with Gasteiger partial charge < -0.3 is 10.6 Å². The van der Waals surface area contributed by atoms with Crippen molar-refractivity contribution in [2.45, 2.75) is 18.7 Å². The summed E-state index contributed by atoms with van der Waals surface area (Å²) in [6, 6.07) is 11.3. The van der Waals surface area contributed by atoms with Gasteiger partial charge in [0.15, 0.2) is 5.65 Å². The number of pyridine rings is 1. The molecule has 2 heterocycles. The van der Waals surface area contributed by atoms with E-state index in [9.17, 15) is 9.59 Å². The van der Waals surface area contributed by atoms with Gasteiger partial charge in [-0.2, -0.15) is 4.98 Å². The van der Waals surface area contributed by atoms with E-state index in [-0.39, 0.29) is 11.9 Å². The number of anilines is 1. The van der Waals surface area contributed by atoms with Crippen LogP contribution in [0.4, 0.5) is 10.7 Å². The SMILES string of the molecule is CCNC(=O)Nc1nc2cc(-c3cccc(SC)c3)cc(C(=O)NCC)n2n1. The molecule has 0 bridgehead atoms. The summed E-state index contributed by atoms with van der Waals surface area (Å²) in [7, 11) is 0. The maximum absolute atomic E-state index is 12.6. The molecule has 0 aliphatic heterocycles. The highest BCUT2D eigenvalue weighted by Gasteiger charge is 2.17. The Bertz CT molecular complexity index is 1020. The minimum Gasteiger partial charge on any atom is -0.351 e. The molecule has 0 radical (unpaired) electrons. The van der Waals surface area contributed by atoms with Crippen LogP contribution < -0.4 is 16.0 Å². The molecule has 3 amide bonds. The molecule has 0 saturated heterocycles. The molecule has 3 N–H and O–H groups in total. The third-order valence-electron chi connectivity index (χ3n) is 3.97. The number of benzene rings is 1. The van der Waals surface area contributed by atoms with Crippen LogP contribution in [0.5, 0.6) is 0 Å². The molecule has 2 aromatic heterocycles. The van der Waals surface area contributed by atoms with Gasteiger partial charge in [0.05, 0.1) is 0 Å². The number of nitrogens with zero attached hydrogens (tertiary/aromatic N) is 3. The van der Waals surface area contributed by atoms with Crippen LogP contribution in [0.2, 0.25) is 0 Å². The fourth-order valence-corrected chi connectivity index (χ4v) is 3.18. The maximum atomic E-state index is 12.6. The molecule has 0 spiro atoms. The maximum Gasteiger partial charge on any atom is 0.321 e. The van der Waals surface area contributed by atoms with Crippen molar-refractivity contribution in [2.75, 3.05) is 24.7 Å². The Labute approximate surface area is 167 Å². The molecule has 0 fully saturated rings. The smallest absolute Gasteiger partial charge is 0.321 e. The third-order valence-corrected chi connectivity index (χ3v) is 4.70. The molecule has 8 nitrogen and oxygen atoms in total. The number of urea groups is 1. The lowest BCUT2D eigenvalue weighted by molar-refractivity contribution is 0.0948. The van der Waals surface area contributed by atoms with E-state index in [2.05, 4.69) is 32.1 Å². The molecule has 0 atom stereocenters. The third kappa shape index (κ3) is 4.25. The highest BCUT2D eigenvalue weighted by molar-refractivity contribution is 7.98. The molecule has 0 aliphatic carbocycles. The van der Waals surface area contributed by atoms with Gasteiger partial charge in [-0.3, -0.25) is 10.1 Å². The zero-order valence-corrected chi connectivity index (χ0v) is 16.8. The summed E-state index contributed by atoms with van der Waals surface area (Å²) in [6.07, 6.45) is 2.01. The fourth-order valence-electron chi connectivity index (χ4n) is 2.73. The Hall–Kier alpha value is -3.07. The van der Waals surface area contributed by atoms with Crippen molar-refractivity contribution in [3.05, 3.63) is 42.1 Å². The van der Waals surface area contributed by atoms with Gasteiger partial charge in [0, 0.05) is 18.0 Å². The van der Waals surface area contributed by atoms with E-state index in [1.807, 2.05) is 44.4 Å². The minimum absolute atomic E-state index is 0.131. The molecule has 28 heavy (non-hydrogen) atoms. The number of thioether (sulfide) groups is 1. The lowest BCUT2D eigenvalue weighted by Gasteiger charge is -2.09. The molecular formula is C19H22N6O2S. The van der Waals surface area contributed by atoms with E-state index < -0.39 is 6.03 Å². The summed E-state index contributed by atoms with van der Waals surface area (Å²) in [6.45, 7) is 4.65. The lowest BCUT2D eigenvalue weighted by atomic mass is 10.1. The largest absolute Gasteiger partial charge is 0.351 e. The second kappa shape index (κ2) is 8.75. The van der Waals surface area contributed by atoms with Gasteiger partial charge in [-0.05, 0) is 55.5 Å². The fraction of sp³-hybridized carbons (Fsp3) is 0.263. The van der Waals surface area contributed by atoms with Gasteiger partial charge in [-0.25, -0.2) is 9.31 Å². The molecular weight excluding hydrogens is 376 g/mol. The van der Waals surface area contributed by atoms with Crippen LogP contribution >= 0.6 is 11.8 Å². The average molecular weight is 398 g/mol. The molecule has 0 saturated carbocycles. The normalized spacial score (nSPS) is 10.7. The number of carbonyl (C=O) groups excluding carboxylic acids is 2. The van der Waals surface area contributed by atoms with E-state index in [1.54, 1.807) is 17.8 Å². The zero-order valence-electron chi connectivity index (χ0n) is 15.9. The number of fused-ring (bicyclic) bond motifs is 1. The summed E-state index contributed by atoms with van der Waals surface area (Å²) in [4.78, 5) is 29.9. The van der Waals surface area contributed by atoms with Crippen molar-refractivity contribution in [3.63, 3.8) is 0 Å². The van der Waals surface area contributed by atoms with Crippen LogP contribution in [0.1, 0.15) is 24.3 Å². The van der Waals surface area contributed by atoms with Crippen molar-refractivity contribution in [2.24, 2.45) is 0 Å². The Morgan fingerprint density at radius 3 is 2.57 bits per heavy atom. The first-order valence-corrected chi connectivity index (χ1v) is 10.2. The number of aromatic nitrogens is 3. The number of carbonyl (C=O) groups is 2. The summed E-state index contributed by atoms with van der Waals surface area (Å²) in [5.41, 5.74) is 2.64. The highest BCUT2D eigenvalue weighted by Crippen LogP contribution is 2.26. The number of amides is 3. The predicted molar refractivity (Wildman–Crippen MR) is 111 cm³/mol. The first-order chi connectivity index (χ1) is 13.5. The summed E-state index contributed by atoms with van der Waals surface area (Å²) < 4.78 is 1.44. The summed E-state index contributed by atoms with van der Waals surface area (Å²) >= 11 is 1.65. The molecule has 9 heteroatoms. The van der Waals surface area contributed by atoms with Crippen LogP contribution in [0.3, 0.4) is 0 Å². The van der Waals surface area contributed by atoms with Gasteiger partial charge >= 0.3 is 6.03 Å². The van der Waals surface area contributed by atoms with Crippen LogP contribution in [-0.4, -0.2) is 45.9 Å². The van der Waals surface area contributed by atoms with Gasteiger partial charge in [0.1, 0.15) is 5.69 Å². The number of rotatable bonds is 6. The van der Waals surface area contributed by atoms with Gasteiger partial charge in [0.2, 0.25) is 0 Å². The van der Waals surface area contributed by atoms with Gasteiger partial charge in [0.25, 0.3) is 11.9 Å². The Balaban J connectivity index is 2.10. The standard InChI is InChI=1S/C19H22N6O2S/c1-4-20-17(26)15-10-13(12-7-6-8-14(9-12)28-3)11-16-22-18(24-25(15)16)23-19(27)21-5-2/h6-11H,4-5H2,1-3H3,(H,20,26)(H2,21,23,24,27). The Kier molecular flexibility index (Phi) is 6.15. The van der Waals surface area contributed by atoms with Crippen molar-refractivity contribution in [1.29, 1.82) is 0 Å². The predicted octanol–water partition coefficient (Wildman–Crippen LogP) is 3.01. The highest BCUT2D eigenvalue weighted by atomic mass is 32.2. The second-order valence-electron chi connectivity index (χ2n) is 5.91. The van der Waals surface area contributed by atoms with Crippen LogP contribution in [-0.2, 0) is 0 Å². The Morgan fingerprint density at radius 1 is 1.07 bits per heavy atom. The molecule has 146 valence electrons.